The summed E-state index contributed by atoms with van der Waals surface area (Å²) in [6.45, 7) is 2.52. The van der Waals surface area contributed by atoms with Crippen LogP contribution in [0.4, 0.5) is 0 Å². The molecule has 2 N–H and O–H groups in total. The molecule has 102 valence electrons. The van der Waals surface area contributed by atoms with Crippen LogP contribution in [0.1, 0.15) is 17.5 Å². The zero-order chi connectivity index (χ0) is 13.6. The molecule has 0 aliphatic carbocycles. The number of benzene rings is 1. The van der Waals surface area contributed by atoms with Gasteiger partial charge in [-0.15, -0.1) is 0 Å². The number of hydrogen-bond donors (Lipinski definition) is 2. The average molecular weight is 272 g/mol. The molecule has 1 aromatic rings. The summed E-state index contributed by atoms with van der Waals surface area (Å²) in [6, 6.07) is 7.68. The lowest BCUT2D eigenvalue weighted by Crippen LogP contribution is -2.38. The van der Waals surface area contributed by atoms with Gasteiger partial charge in [-0.3, -0.25) is 0 Å². The molecule has 1 aromatic carbocycles. The highest BCUT2D eigenvalue weighted by Gasteiger charge is 2.16. The molecule has 0 fully saturated rings. The van der Waals surface area contributed by atoms with Crippen molar-refractivity contribution in [2.45, 2.75) is 19.9 Å². The van der Waals surface area contributed by atoms with E-state index in [2.05, 4.69) is 4.72 Å². The fraction of sp³-hybridized carbons (Fsp3) is 0.500. The van der Waals surface area contributed by atoms with Crippen molar-refractivity contribution in [3.63, 3.8) is 0 Å². The molecule has 5 nitrogen and oxygen atoms in total. The Morgan fingerprint density at radius 2 is 2.11 bits per heavy atom. The van der Waals surface area contributed by atoms with E-state index in [0.717, 1.165) is 11.1 Å². The van der Waals surface area contributed by atoms with Crippen molar-refractivity contribution in [3.05, 3.63) is 35.4 Å². The van der Waals surface area contributed by atoms with Crippen LogP contribution in [0.2, 0.25) is 0 Å². The average Bonchev–Trinajstić information content (AvgIpc) is 2.33. The smallest absolute Gasteiger partial charge is 0.279 e. The van der Waals surface area contributed by atoms with Gasteiger partial charge in [0.05, 0.1) is 0 Å². The number of aliphatic hydroxyl groups is 1. The van der Waals surface area contributed by atoms with E-state index in [1.165, 1.54) is 11.4 Å². The number of rotatable bonds is 7. The van der Waals surface area contributed by atoms with Gasteiger partial charge in [0, 0.05) is 26.7 Å². The molecule has 0 aliphatic rings. The summed E-state index contributed by atoms with van der Waals surface area (Å²) < 4.78 is 27.4. The van der Waals surface area contributed by atoms with Crippen molar-refractivity contribution in [3.8, 4) is 0 Å². The summed E-state index contributed by atoms with van der Waals surface area (Å²) in [7, 11) is -1.98. The zero-order valence-corrected chi connectivity index (χ0v) is 11.6. The lowest BCUT2D eigenvalue weighted by Gasteiger charge is -2.17. The number of nitrogens with zero attached hydrogens (tertiary/aromatic N) is 1. The third-order valence-electron chi connectivity index (χ3n) is 2.58. The van der Waals surface area contributed by atoms with Crippen molar-refractivity contribution in [1.82, 2.24) is 9.03 Å². The van der Waals surface area contributed by atoms with Crippen molar-refractivity contribution >= 4 is 10.2 Å². The highest BCUT2D eigenvalue weighted by Crippen LogP contribution is 2.05. The van der Waals surface area contributed by atoms with Crippen LogP contribution in [0.25, 0.3) is 0 Å². The predicted octanol–water partition coefficient (Wildman–Crippen LogP) is 0.644. The molecule has 0 amide bonds. The molecule has 0 atom stereocenters. The summed E-state index contributed by atoms with van der Waals surface area (Å²) in [5, 5.41) is 8.68. The molecular formula is C12H20N2O3S. The third kappa shape index (κ3) is 4.73. The van der Waals surface area contributed by atoms with E-state index < -0.39 is 10.2 Å². The zero-order valence-electron chi connectivity index (χ0n) is 10.8. The molecule has 18 heavy (non-hydrogen) atoms. The minimum Gasteiger partial charge on any atom is -0.396 e. The number of nitrogens with one attached hydrogen (secondary N) is 1. The van der Waals surface area contributed by atoms with E-state index in [-0.39, 0.29) is 13.2 Å². The third-order valence-corrected chi connectivity index (χ3v) is 4.09. The van der Waals surface area contributed by atoms with E-state index in [1.807, 2.05) is 31.2 Å². The van der Waals surface area contributed by atoms with Gasteiger partial charge in [0.25, 0.3) is 10.2 Å². The number of aryl methyl sites for hydroxylation is 1. The van der Waals surface area contributed by atoms with Crippen molar-refractivity contribution < 1.29 is 13.5 Å². The predicted molar refractivity (Wildman–Crippen MR) is 71.3 cm³/mol. The van der Waals surface area contributed by atoms with E-state index in [1.54, 1.807) is 0 Å². The van der Waals surface area contributed by atoms with Crippen molar-refractivity contribution in [2.24, 2.45) is 0 Å². The molecule has 0 aliphatic heterocycles. The van der Waals surface area contributed by atoms with Crippen LogP contribution in [0, 0.1) is 6.92 Å². The Bertz CT molecular complexity index is 474. The van der Waals surface area contributed by atoms with Crippen LogP contribution in [0.15, 0.2) is 24.3 Å². The van der Waals surface area contributed by atoms with E-state index in [9.17, 15) is 8.42 Å². The van der Waals surface area contributed by atoms with E-state index >= 15 is 0 Å². The molecule has 6 heteroatoms. The van der Waals surface area contributed by atoms with Gasteiger partial charge in [-0.05, 0) is 18.9 Å². The maximum absolute atomic E-state index is 11.8. The Hall–Kier alpha value is -0.950. The van der Waals surface area contributed by atoms with Crippen LogP contribution >= 0.6 is 0 Å². The summed E-state index contributed by atoms with van der Waals surface area (Å²) in [5.41, 5.74) is 2.02. The Labute approximate surface area is 109 Å². The van der Waals surface area contributed by atoms with E-state index in [0.29, 0.717) is 13.0 Å². The molecule has 1 rings (SSSR count). The molecule has 0 bridgehead atoms. The first-order valence-corrected chi connectivity index (χ1v) is 7.27. The highest BCUT2D eigenvalue weighted by molar-refractivity contribution is 7.87. The maximum atomic E-state index is 11.8. The summed E-state index contributed by atoms with van der Waals surface area (Å²) >= 11 is 0. The second kappa shape index (κ2) is 6.84. The Balaban J connectivity index is 2.56. The fourth-order valence-corrected chi connectivity index (χ4v) is 2.46. The van der Waals surface area contributed by atoms with Crippen LogP contribution in [-0.2, 0) is 16.8 Å². The fourth-order valence-electron chi connectivity index (χ4n) is 1.52. The minimum absolute atomic E-state index is 0.0161. The summed E-state index contributed by atoms with van der Waals surface area (Å²) in [6.07, 6.45) is 0.432. The highest BCUT2D eigenvalue weighted by atomic mass is 32.2. The normalized spacial score (nSPS) is 12.0. The Kier molecular flexibility index (Phi) is 5.74. The van der Waals surface area contributed by atoms with Crippen LogP contribution in [-0.4, -0.2) is 38.0 Å². The first-order valence-electron chi connectivity index (χ1n) is 5.83. The van der Waals surface area contributed by atoms with Crippen LogP contribution < -0.4 is 4.72 Å². The van der Waals surface area contributed by atoms with Gasteiger partial charge in [0.1, 0.15) is 0 Å². The SMILES string of the molecule is Cc1cccc(CNS(=O)(=O)N(C)CCCO)c1. The topological polar surface area (TPSA) is 69.6 Å². The van der Waals surface area contributed by atoms with Crippen molar-refractivity contribution in [2.75, 3.05) is 20.2 Å². The van der Waals surface area contributed by atoms with Crippen LogP contribution in [0.3, 0.4) is 0 Å². The molecule has 0 radical (unpaired) electrons. The monoisotopic (exact) mass is 272 g/mol. The van der Waals surface area contributed by atoms with Gasteiger partial charge < -0.3 is 5.11 Å². The molecule has 0 unspecified atom stereocenters. The standard InChI is InChI=1S/C12H20N2O3S/c1-11-5-3-6-12(9-11)10-13-18(16,17)14(2)7-4-8-15/h3,5-6,9,13,15H,4,7-8,10H2,1-2H3. The quantitative estimate of drug-likeness (QED) is 0.765. The largest absolute Gasteiger partial charge is 0.396 e. The lowest BCUT2D eigenvalue weighted by molar-refractivity contribution is 0.275. The molecule has 0 saturated carbocycles. The van der Waals surface area contributed by atoms with Gasteiger partial charge >= 0.3 is 0 Å². The lowest BCUT2D eigenvalue weighted by atomic mass is 10.1. The summed E-state index contributed by atoms with van der Waals surface area (Å²) in [5.74, 6) is 0. The van der Waals surface area contributed by atoms with Gasteiger partial charge in [-0.1, -0.05) is 29.8 Å². The van der Waals surface area contributed by atoms with Crippen LogP contribution in [0.5, 0.6) is 0 Å². The second-order valence-corrected chi connectivity index (χ2v) is 6.08. The molecule has 0 aromatic heterocycles. The molecule has 0 heterocycles. The van der Waals surface area contributed by atoms with E-state index in [4.69, 9.17) is 5.11 Å². The Morgan fingerprint density at radius 3 is 2.72 bits per heavy atom. The van der Waals surface area contributed by atoms with Gasteiger partial charge in [-0.25, -0.2) is 0 Å². The molecule has 0 spiro atoms. The maximum Gasteiger partial charge on any atom is 0.279 e. The first kappa shape index (κ1) is 15.1. The number of aliphatic hydroxyl groups excluding tert-OH is 1. The molecule has 0 saturated heterocycles. The van der Waals surface area contributed by atoms with Crippen molar-refractivity contribution in [1.29, 1.82) is 0 Å². The van der Waals surface area contributed by atoms with Gasteiger partial charge in [0.2, 0.25) is 0 Å². The van der Waals surface area contributed by atoms with Gasteiger partial charge in [0.15, 0.2) is 0 Å². The molecular weight excluding hydrogens is 252 g/mol. The van der Waals surface area contributed by atoms with Gasteiger partial charge in [-0.2, -0.15) is 17.4 Å². The Morgan fingerprint density at radius 1 is 1.39 bits per heavy atom. The first-order chi connectivity index (χ1) is 8.45. The summed E-state index contributed by atoms with van der Waals surface area (Å²) in [4.78, 5) is 0. The second-order valence-electron chi connectivity index (χ2n) is 4.21. The minimum atomic E-state index is -3.47. The number of hydrogen-bond acceptors (Lipinski definition) is 3.